The van der Waals surface area contributed by atoms with Gasteiger partial charge in [0.1, 0.15) is 11.9 Å². The molecular weight excluding hydrogens is 403 g/mol. The maximum absolute atomic E-state index is 14.9. The molecule has 0 spiro atoms. The molecule has 4 rings (SSSR count). The van der Waals surface area contributed by atoms with E-state index < -0.39 is 23.6 Å². The summed E-state index contributed by atoms with van der Waals surface area (Å²) in [5.41, 5.74) is -0.207. The van der Waals surface area contributed by atoms with Gasteiger partial charge in [-0.25, -0.2) is 9.18 Å². The number of carbonyl (C=O) groups excluding carboxylic acids is 2. The van der Waals surface area contributed by atoms with E-state index in [1.54, 1.807) is 12.1 Å². The number of ether oxygens (including phenoxy) is 1. The van der Waals surface area contributed by atoms with Crippen LogP contribution in [0.5, 0.6) is 0 Å². The molecule has 1 unspecified atom stereocenters. The molecule has 8 nitrogen and oxygen atoms in total. The van der Waals surface area contributed by atoms with E-state index in [1.165, 1.54) is 17.9 Å². The topological polar surface area (TPSA) is 106 Å². The van der Waals surface area contributed by atoms with Gasteiger partial charge < -0.3 is 20.1 Å². The largest absolute Gasteiger partial charge is 0.442 e. The smallest absolute Gasteiger partial charge is 0.414 e. The number of amides is 2. The standard InChI is InChI=1S/C22H27FN4O4/c1-14(28)25-12-17-13-27(21(29)31-17)16-4-5-20(19(23)10-16)26-8-6-22(30,7-9-26)18(11-24)15-2-3-15/h4-5,10,15,17-18,30H,2-3,6-9,12-13H2,1H3,(H,25,28)/t17-,18?/m0/s1. The number of anilines is 2. The molecule has 2 N–H and O–H groups in total. The lowest BCUT2D eigenvalue weighted by Gasteiger charge is -2.41. The van der Waals surface area contributed by atoms with Crippen molar-refractivity contribution in [2.45, 2.75) is 44.3 Å². The molecule has 2 amide bonds. The first-order valence-corrected chi connectivity index (χ1v) is 10.7. The highest BCUT2D eigenvalue weighted by molar-refractivity contribution is 5.90. The summed E-state index contributed by atoms with van der Waals surface area (Å²) in [7, 11) is 0. The lowest BCUT2D eigenvalue weighted by molar-refractivity contribution is -0.119. The minimum atomic E-state index is -1.01. The fourth-order valence-electron chi connectivity index (χ4n) is 4.56. The second-order valence-corrected chi connectivity index (χ2v) is 8.72. The molecule has 166 valence electrons. The SMILES string of the molecule is CC(=O)NC[C@H]1CN(c2ccc(N3CCC(O)(C(C#N)C4CC4)CC3)c(F)c2)C(=O)O1. The molecular formula is C22H27FN4O4. The Morgan fingerprint density at radius 3 is 2.71 bits per heavy atom. The lowest BCUT2D eigenvalue weighted by atomic mass is 9.77. The zero-order valence-electron chi connectivity index (χ0n) is 17.5. The van der Waals surface area contributed by atoms with E-state index in [9.17, 15) is 24.3 Å². The Labute approximate surface area is 180 Å². The van der Waals surface area contributed by atoms with E-state index >= 15 is 0 Å². The summed E-state index contributed by atoms with van der Waals surface area (Å²) in [6.45, 7) is 2.74. The number of nitrogens with zero attached hydrogens (tertiary/aromatic N) is 3. The van der Waals surface area contributed by atoms with Gasteiger partial charge in [0.05, 0.1) is 42.1 Å². The predicted octanol–water partition coefficient (Wildman–Crippen LogP) is 2.17. The number of nitriles is 1. The van der Waals surface area contributed by atoms with E-state index in [-0.39, 0.29) is 30.8 Å². The van der Waals surface area contributed by atoms with Crippen molar-refractivity contribution >= 4 is 23.4 Å². The van der Waals surface area contributed by atoms with Crippen LogP contribution in [0.25, 0.3) is 0 Å². The van der Waals surface area contributed by atoms with Gasteiger partial charge in [0.2, 0.25) is 5.91 Å². The molecule has 0 aromatic heterocycles. The molecule has 1 aliphatic carbocycles. The zero-order chi connectivity index (χ0) is 22.2. The van der Waals surface area contributed by atoms with Crippen LogP contribution in [0.15, 0.2) is 18.2 Å². The quantitative estimate of drug-likeness (QED) is 0.717. The van der Waals surface area contributed by atoms with Gasteiger partial charge in [0.15, 0.2) is 0 Å². The number of halogens is 1. The van der Waals surface area contributed by atoms with Crippen LogP contribution in [-0.4, -0.2) is 55.0 Å². The number of benzene rings is 1. The second-order valence-electron chi connectivity index (χ2n) is 8.72. The van der Waals surface area contributed by atoms with Crippen LogP contribution >= 0.6 is 0 Å². The average Bonchev–Trinajstić information content (AvgIpc) is 3.49. The molecule has 2 saturated heterocycles. The van der Waals surface area contributed by atoms with Crippen LogP contribution in [0.3, 0.4) is 0 Å². The van der Waals surface area contributed by atoms with E-state index in [1.807, 2.05) is 4.90 Å². The van der Waals surface area contributed by atoms with Crippen LogP contribution in [0.2, 0.25) is 0 Å². The highest BCUT2D eigenvalue weighted by Gasteiger charge is 2.47. The molecule has 31 heavy (non-hydrogen) atoms. The molecule has 0 bridgehead atoms. The summed E-state index contributed by atoms with van der Waals surface area (Å²) in [6, 6.07) is 6.89. The third kappa shape index (κ3) is 4.44. The number of nitrogens with one attached hydrogen (secondary N) is 1. The normalized spacial score (nSPS) is 23.8. The van der Waals surface area contributed by atoms with Crippen LogP contribution in [0.4, 0.5) is 20.6 Å². The maximum Gasteiger partial charge on any atom is 0.414 e. The highest BCUT2D eigenvalue weighted by atomic mass is 19.1. The number of piperidine rings is 1. The highest BCUT2D eigenvalue weighted by Crippen LogP contribution is 2.45. The second kappa shape index (κ2) is 8.35. The molecule has 1 aromatic rings. The maximum atomic E-state index is 14.9. The van der Waals surface area contributed by atoms with E-state index in [2.05, 4.69) is 11.4 Å². The molecule has 3 aliphatic rings. The van der Waals surface area contributed by atoms with Crippen molar-refractivity contribution in [1.29, 1.82) is 5.26 Å². The molecule has 0 radical (unpaired) electrons. The first-order chi connectivity index (χ1) is 14.8. The summed E-state index contributed by atoms with van der Waals surface area (Å²) < 4.78 is 20.2. The van der Waals surface area contributed by atoms with Crippen molar-refractivity contribution < 1.29 is 23.8 Å². The van der Waals surface area contributed by atoms with Crippen molar-refractivity contribution in [3.8, 4) is 6.07 Å². The van der Waals surface area contributed by atoms with Crippen molar-refractivity contribution in [3.63, 3.8) is 0 Å². The Balaban J connectivity index is 1.40. The minimum absolute atomic E-state index is 0.208. The summed E-state index contributed by atoms with van der Waals surface area (Å²) in [5.74, 6) is -0.739. The molecule has 2 aliphatic heterocycles. The van der Waals surface area contributed by atoms with Crippen LogP contribution < -0.4 is 15.1 Å². The lowest BCUT2D eigenvalue weighted by Crippen LogP contribution is -2.49. The number of carbonyl (C=O) groups is 2. The van der Waals surface area contributed by atoms with E-state index in [0.29, 0.717) is 37.3 Å². The van der Waals surface area contributed by atoms with Crippen molar-refractivity contribution in [2.24, 2.45) is 11.8 Å². The van der Waals surface area contributed by atoms with Gasteiger partial charge in [-0.05, 0) is 49.8 Å². The Morgan fingerprint density at radius 2 is 2.13 bits per heavy atom. The first kappa shape index (κ1) is 21.4. The average molecular weight is 430 g/mol. The Hall–Kier alpha value is -2.86. The fourth-order valence-corrected chi connectivity index (χ4v) is 4.56. The molecule has 3 fully saturated rings. The van der Waals surface area contributed by atoms with E-state index in [0.717, 1.165) is 12.8 Å². The molecule has 1 aromatic carbocycles. The van der Waals surface area contributed by atoms with Crippen LogP contribution in [0, 0.1) is 29.0 Å². The van der Waals surface area contributed by atoms with Crippen LogP contribution in [0.1, 0.15) is 32.6 Å². The van der Waals surface area contributed by atoms with Gasteiger partial charge >= 0.3 is 6.09 Å². The molecule has 1 saturated carbocycles. The Morgan fingerprint density at radius 1 is 1.42 bits per heavy atom. The van der Waals surface area contributed by atoms with Gasteiger partial charge in [-0.3, -0.25) is 9.69 Å². The third-order valence-corrected chi connectivity index (χ3v) is 6.48. The number of hydrogen-bond donors (Lipinski definition) is 2. The van der Waals surface area contributed by atoms with Gasteiger partial charge in [-0.15, -0.1) is 0 Å². The molecule has 9 heteroatoms. The zero-order valence-corrected chi connectivity index (χ0v) is 17.5. The Kier molecular flexibility index (Phi) is 5.75. The van der Waals surface area contributed by atoms with Crippen molar-refractivity contribution in [1.82, 2.24) is 5.32 Å². The monoisotopic (exact) mass is 430 g/mol. The van der Waals surface area contributed by atoms with Gasteiger partial charge in [0.25, 0.3) is 0 Å². The van der Waals surface area contributed by atoms with Gasteiger partial charge in [-0.1, -0.05) is 0 Å². The predicted molar refractivity (Wildman–Crippen MR) is 111 cm³/mol. The van der Waals surface area contributed by atoms with Gasteiger partial charge in [0, 0.05) is 20.0 Å². The van der Waals surface area contributed by atoms with E-state index in [4.69, 9.17) is 4.74 Å². The van der Waals surface area contributed by atoms with Crippen molar-refractivity contribution in [3.05, 3.63) is 24.0 Å². The fraction of sp³-hybridized carbons (Fsp3) is 0.591. The summed E-state index contributed by atoms with van der Waals surface area (Å²) in [5, 5.41) is 23.0. The third-order valence-electron chi connectivity index (χ3n) is 6.48. The first-order valence-electron chi connectivity index (χ1n) is 10.7. The number of rotatable bonds is 6. The van der Waals surface area contributed by atoms with Crippen molar-refractivity contribution in [2.75, 3.05) is 36.0 Å². The summed E-state index contributed by atoms with van der Waals surface area (Å²) >= 11 is 0. The Bertz CT molecular complexity index is 905. The minimum Gasteiger partial charge on any atom is -0.442 e. The van der Waals surface area contributed by atoms with Gasteiger partial charge in [-0.2, -0.15) is 5.26 Å². The summed E-state index contributed by atoms with van der Waals surface area (Å²) in [6.07, 6.45) is 1.76. The number of hydrogen-bond acceptors (Lipinski definition) is 6. The molecule has 2 atom stereocenters. The number of cyclic esters (lactones) is 1. The number of aliphatic hydroxyl groups is 1. The summed E-state index contributed by atoms with van der Waals surface area (Å²) in [4.78, 5) is 26.4. The van der Waals surface area contributed by atoms with Crippen LogP contribution in [-0.2, 0) is 9.53 Å². The molecule has 2 heterocycles.